The first-order chi connectivity index (χ1) is 12.7. The van der Waals surface area contributed by atoms with Gasteiger partial charge in [-0.15, -0.1) is 0 Å². The van der Waals surface area contributed by atoms with Crippen molar-refractivity contribution in [2.24, 2.45) is 0 Å². The fourth-order valence-electron chi connectivity index (χ4n) is 3.38. The molecular weight excluding hydrogens is 326 g/mol. The van der Waals surface area contributed by atoms with Gasteiger partial charge in [-0.3, -0.25) is 5.41 Å². The van der Waals surface area contributed by atoms with Crippen LogP contribution in [0.3, 0.4) is 0 Å². The standard InChI is InChI=1S/C20H17N5O/c21-9-12-1-4-16-13(7-12)2-6-19(16)25-15-3-5-18(22)17(8-15)20(23)14-10-24-26-11-14/h1,3-5,7-8,10-11,19,23,25H,2,6,22H2. The molecule has 1 unspecified atom stereocenters. The molecule has 6 heteroatoms. The Kier molecular flexibility index (Phi) is 3.90. The number of benzene rings is 2. The van der Waals surface area contributed by atoms with Crippen molar-refractivity contribution in [2.45, 2.75) is 18.9 Å². The van der Waals surface area contributed by atoms with Gasteiger partial charge in [0.15, 0.2) is 0 Å². The van der Waals surface area contributed by atoms with Crippen molar-refractivity contribution in [1.82, 2.24) is 5.16 Å². The van der Waals surface area contributed by atoms with E-state index in [4.69, 9.17) is 20.9 Å². The number of hydrogen-bond acceptors (Lipinski definition) is 6. The Morgan fingerprint density at radius 1 is 1.31 bits per heavy atom. The quantitative estimate of drug-likeness (QED) is 0.494. The minimum Gasteiger partial charge on any atom is -0.398 e. The highest BCUT2D eigenvalue weighted by molar-refractivity contribution is 6.13. The highest BCUT2D eigenvalue weighted by atomic mass is 16.5. The molecule has 4 N–H and O–H groups in total. The number of aromatic nitrogens is 1. The molecule has 0 fully saturated rings. The first-order valence-electron chi connectivity index (χ1n) is 8.33. The van der Waals surface area contributed by atoms with E-state index >= 15 is 0 Å². The lowest BCUT2D eigenvalue weighted by Crippen LogP contribution is -2.10. The molecule has 1 aliphatic rings. The summed E-state index contributed by atoms with van der Waals surface area (Å²) in [6, 6.07) is 13.8. The van der Waals surface area contributed by atoms with Crippen LogP contribution in [0.4, 0.5) is 11.4 Å². The first-order valence-corrected chi connectivity index (χ1v) is 8.33. The van der Waals surface area contributed by atoms with E-state index in [0.29, 0.717) is 22.4 Å². The number of nitriles is 1. The summed E-state index contributed by atoms with van der Waals surface area (Å²) in [6.07, 6.45) is 4.84. The molecule has 0 bridgehead atoms. The fraction of sp³-hybridized carbons (Fsp3) is 0.150. The monoisotopic (exact) mass is 343 g/mol. The molecule has 0 amide bonds. The molecule has 0 aliphatic heterocycles. The Morgan fingerprint density at radius 3 is 2.96 bits per heavy atom. The molecule has 1 aliphatic carbocycles. The lowest BCUT2D eigenvalue weighted by Gasteiger charge is -2.17. The van der Waals surface area contributed by atoms with Gasteiger partial charge in [0.05, 0.1) is 35.1 Å². The Bertz CT molecular complexity index is 1020. The Morgan fingerprint density at radius 2 is 2.19 bits per heavy atom. The molecule has 1 aromatic heterocycles. The van der Waals surface area contributed by atoms with Crippen LogP contribution in [-0.2, 0) is 6.42 Å². The van der Waals surface area contributed by atoms with Gasteiger partial charge in [-0.1, -0.05) is 11.2 Å². The SMILES string of the molecule is N#Cc1ccc2c(c1)CCC2Nc1ccc(N)c(C(=N)c2cnoc2)c1. The van der Waals surface area contributed by atoms with Crippen molar-refractivity contribution < 1.29 is 4.52 Å². The fourth-order valence-corrected chi connectivity index (χ4v) is 3.38. The normalized spacial score (nSPS) is 15.3. The number of hydrogen-bond donors (Lipinski definition) is 3. The third kappa shape index (κ3) is 2.80. The van der Waals surface area contributed by atoms with Crippen LogP contribution in [-0.4, -0.2) is 10.9 Å². The highest BCUT2D eigenvalue weighted by Gasteiger charge is 2.23. The van der Waals surface area contributed by atoms with Crippen LogP contribution in [0.1, 0.15) is 40.3 Å². The zero-order valence-corrected chi connectivity index (χ0v) is 14.0. The topological polar surface area (TPSA) is 112 Å². The third-order valence-corrected chi connectivity index (χ3v) is 4.73. The van der Waals surface area contributed by atoms with Gasteiger partial charge in [-0.25, -0.2) is 0 Å². The van der Waals surface area contributed by atoms with Crippen LogP contribution in [0.2, 0.25) is 0 Å². The molecule has 0 radical (unpaired) electrons. The summed E-state index contributed by atoms with van der Waals surface area (Å²) in [7, 11) is 0. The largest absolute Gasteiger partial charge is 0.398 e. The Hall–Kier alpha value is -3.59. The highest BCUT2D eigenvalue weighted by Crippen LogP contribution is 2.35. The molecular formula is C20H17N5O. The number of aryl methyl sites for hydroxylation is 1. The van der Waals surface area contributed by atoms with E-state index in [0.717, 1.165) is 18.5 Å². The summed E-state index contributed by atoms with van der Waals surface area (Å²) >= 11 is 0. The van der Waals surface area contributed by atoms with E-state index in [9.17, 15) is 0 Å². The second-order valence-corrected chi connectivity index (χ2v) is 6.35. The van der Waals surface area contributed by atoms with Crippen molar-refractivity contribution in [2.75, 3.05) is 11.1 Å². The molecule has 0 saturated carbocycles. The number of rotatable bonds is 4. The summed E-state index contributed by atoms with van der Waals surface area (Å²) < 4.78 is 4.82. The zero-order valence-electron chi connectivity index (χ0n) is 14.0. The number of nitrogens with one attached hydrogen (secondary N) is 2. The molecule has 128 valence electrons. The van der Waals surface area contributed by atoms with E-state index in [1.807, 2.05) is 30.3 Å². The maximum atomic E-state index is 9.05. The molecule has 3 aromatic rings. The van der Waals surface area contributed by atoms with E-state index < -0.39 is 0 Å². The van der Waals surface area contributed by atoms with E-state index in [1.54, 1.807) is 6.07 Å². The average Bonchev–Trinajstić information content (AvgIpc) is 3.32. The number of nitrogens with zero attached hydrogens (tertiary/aromatic N) is 2. The lowest BCUT2D eigenvalue weighted by molar-refractivity contribution is 0.419. The van der Waals surface area contributed by atoms with E-state index in [-0.39, 0.29) is 11.8 Å². The molecule has 4 rings (SSSR count). The predicted molar refractivity (Wildman–Crippen MR) is 99.1 cm³/mol. The zero-order chi connectivity index (χ0) is 18.1. The molecule has 2 aromatic carbocycles. The predicted octanol–water partition coefficient (Wildman–Crippen LogP) is 3.64. The van der Waals surface area contributed by atoms with Gasteiger partial charge in [0, 0.05) is 16.9 Å². The molecule has 6 nitrogen and oxygen atoms in total. The number of fused-ring (bicyclic) bond motifs is 1. The minimum atomic E-state index is 0.180. The number of nitrogens with two attached hydrogens (primary N) is 1. The van der Waals surface area contributed by atoms with Gasteiger partial charge in [0.2, 0.25) is 0 Å². The molecule has 1 atom stereocenters. The van der Waals surface area contributed by atoms with Crippen LogP contribution in [0.15, 0.2) is 53.4 Å². The average molecular weight is 343 g/mol. The lowest BCUT2D eigenvalue weighted by atomic mass is 10.0. The summed E-state index contributed by atoms with van der Waals surface area (Å²) in [5.41, 5.74) is 12.1. The number of nitrogen functional groups attached to an aromatic ring is 1. The van der Waals surface area contributed by atoms with Gasteiger partial charge in [-0.05, 0) is 54.3 Å². The maximum Gasteiger partial charge on any atom is 0.133 e. The first kappa shape index (κ1) is 15.9. The van der Waals surface area contributed by atoms with Crippen LogP contribution in [0, 0.1) is 16.7 Å². The van der Waals surface area contributed by atoms with Gasteiger partial charge in [0.1, 0.15) is 6.26 Å². The second kappa shape index (κ2) is 6.37. The molecule has 0 spiro atoms. The van der Waals surface area contributed by atoms with Crippen molar-refractivity contribution in [1.29, 1.82) is 10.7 Å². The minimum absolute atomic E-state index is 0.180. The van der Waals surface area contributed by atoms with E-state index in [1.165, 1.54) is 23.6 Å². The Labute approximate surface area is 150 Å². The van der Waals surface area contributed by atoms with Gasteiger partial charge < -0.3 is 15.6 Å². The van der Waals surface area contributed by atoms with Gasteiger partial charge >= 0.3 is 0 Å². The molecule has 1 heterocycles. The van der Waals surface area contributed by atoms with Crippen LogP contribution < -0.4 is 11.1 Å². The summed E-state index contributed by atoms with van der Waals surface area (Å²) in [5, 5.41) is 24.6. The van der Waals surface area contributed by atoms with Crippen LogP contribution in [0.5, 0.6) is 0 Å². The Balaban J connectivity index is 1.60. The van der Waals surface area contributed by atoms with E-state index in [2.05, 4.69) is 16.5 Å². The van der Waals surface area contributed by atoms with Crippen molar-refractivity contribution >= 4 is 17.1 Å². The summed E-state index contributed by atoms with van der Waals surface area (Å²) in [6.45, 7) is 0. The number of anilines is 2. The smallest absolute Gasteiger partial charge is 0.133 e. The second-order valence-electron chi connectivity index (χ2n) is 6.35. The summed E-state index contributed by atoms with van der Waals surface area (Å²) in [5.74, 6) is 0. The van der Waals surface area contributed by atoms with Crippen molar-refractivity contribution in [3.05, 3.63) is 76.7 Å². The van der Waals surface area contributed by atoms with Crippen molar-refractivity contribution in [3.8, 4) is 6.07 Å². The van der Waals surface area contributed by atoms with Crippen molar-refractivity contribution in [3.63, 3.8) is 0 Å². The maximum absolute atomic E-state index is 9.05. The van der Waals surface area contributed by atoms with Gasteiger partial charge in [-0.2, -0.15) is 5.26 Å². The molecule has 0 saturated heterocycles. The molecule has 26 heavy (non-hydrogen) atoms. The third-order valence-electron chi connectivity index (χ3n) is 4.73. The van der Waals surface area contributed by atoms with Gasteiger partial charge in [0.25, 0.3) is 0 Å². The van der Waals surface area contributed by atoms with Crippen LogP contribution in [0.25, 0.3) is 0 Å². The van der Waals surface area contributed by atoms with Crippen LogP contribution >= 0.6 is 0 Å². The summed E-state index contributed by atoms with van der Waals surface area (Å²) in [4.78, 5) is 0.